The number of nitrogens with zero attached hydrogens (tertiary/aromatic N) is 2. The first-order valence-corrected chi connectivity index (χ1v) is 4.93. The minimum atomic E-state index is -4.54. The van der Waals surface area contributed by atoms with Crippen molar-refractivity contribution in [2.75, 3.05) is 0 Å². The van der Waals surface area contributed by atoms with Crippen molar-refractivity contribution in [2.24, 2.45) is 16.5 Å². The number of nitrogens with one attached hydrogen (secondary N) is 1. The van der Waals surface area contributed by atoms with Crippen molar-refractivity contribution in [1.82, 2.24) is 10.3 Å². The molecule has 2 rings (SSSR count). The molecular formula is C10H10F3N5. The molecule has 2 heterocycles. The zero-order valence-electron chi connectivity index (χ0n) is 9.07. The summed E-state index contributed by atoms with van der Waals surface area (Å²) in [6.45, 7) is 0. The van der Waals surface area contributed by atoms with Gasteiger partial charge in [0.1, 0.15) is 11.5 Å². The largest absolute Gasteiger partial charge is 0.433 e. The molecule has 0 saturated carbocycles. The summed E-state index contributed by atoms with van der Waals surface area (Å²) in [5, 5.41) is 2.66. The molecule has 1 unspecified atom stereocenters. The third-order valence-corrected chi connectivity index (χ3v) is 2.35. The van der Waals surface area contributed by atoms with Crippen LogP contribution in [0.2, 0.25) is 0 Å². The van der Waals surface area contributed by atoms with E-state index in [9.17, 15) is 13.2 Å². The van der Waals surface area contributed by atoms with Gasteiger partial charge in [-0.2, -0.15) is 13.2 Å². The summed E-state index contributed by atoms with van der Waals surface area (Å²) in [5.74, 6) is -1.39. The van der Waals surface area contributed by atoms with E-state index < -0.39 is 17.7 Å². The number of hydrogen-bond donors (Lipinski definition) is 3. The minimum absolute atomic E-state index is 0.122. The normalized spacial score (nSPS) is 23.4. The van der Waals surface area contributed by atoms with Crippen LogP contribution < -0.4 is 16.8 Å². The summed E-state index contributed by atoms with van der Waals surface area (Å²) in [7, 11) is 0. The second-order valence-corrected chi connectivity index (χ2v) is 3.71. The van der Waals surface area contributed by atoms with Crippen LogP contribution in [0.3, 0.4) is 0 Å². The Morgan fingerprint density at radius 3 is 2.67 bits per heavy atom. The highest BCUT2D eigenvalue weighted by atomic mass is 19.4. The Bertz CT molecular complexity index is 522. The van der Waals surface area contributed by atoms with Gasteiger partial charge >= 0.3 is 6.18 Å². The molecule has 0 radical (unpaired) electrons. The third-order valence-electron chi connectivity index (χ3n) is 2.35. The predicted octanol–water partition coefficient (Wildman–Crippen LogP) is 0.643. The van der Waals surface area contributed by atoms with Gasteiger partial charge in [0.25, 0.3) is 0 Å². The summed E-state index contributed by atoms with van der Waals surface area (Å²) in [5.41, 5.74) is 10.4. The molecule has 5 nitrogen and oxygen atoms in total. The van der Waals surface area contributed by atoms with Gasteiger partial charge in [-0.3, -0.25) is 10.7 Å². The Hall–Kier alpha value is -2.09. The number of amidine groups is 1. The van der Waals surface area contributed by atoms with Gasteiger partial charge in [-0.15, -0.1) is 0 Å². The van der Waals surface area contributed by atoms with Crippen molar-refractivity contribution in [3.63, 3.8) is 0 Å². The van der Waals surface area contributed by atoms with E-state index in [-0.39, 0.29) is 11.4 Å². The molecule has 0 aliphatic carbocycles. The van der Waals surface area contributed by atoms with E-state index in [1.165, 1.54) is 18.3 Å². The quantitative estimate of drug-likeness (QED) is 0.689. The Balaban J connectivity index is 2.43. The zero-order chi connectivity index (χ0) is 13.4. The maximum Gasteiger partial charge on any atom is 0.433 e. The van der Waals surface area contributed by atoms with Crippen molar-refractivity contribution < 1.29 is 13.2 Å². The predicted molar refractivity (Wildman–Crippen MR) is 59.0 cm³/mol. The topological polar surface area (TPSA) is 89.3 Å². The maximum atomic E-state index is 12.5. The lowest BCUT2D eigenvalue weighted by molar-refractivity contribution is -0.141. The fourth-order valence-corrected chi connectivity index (χ4v) is 1.50. The van der Waals surface area contributed by atoms with E-state index >= 15 is 0 Å². The van der Waals surface area contributed by atoms with Gasteiger partial charge in [0, 0.05) is 18.0 Å². The molecule has 0 spiro atoms. The van der Waals surface area contributed by atoms with E-state index in [2.05, 4.69) is 15.3 Å². The number of aromatic nitrogens is 1. The highest BCUT2D eigenvalue weighted by Gasteiger charge is 2.35. The number of halogens is 3. The van der Waals surface area contributed by atoms with Gasteiger partial charge in [-0.05, 0) is 18.2 Å². The van der Waals surface area contributed by atoms with Gasteiger partial charge in [-0.1, -0.05) is 0 Å². The molecule has 8 heteroatoms. The van der Waals surface area contributed by atoms with Crippen molar-refractivity contribution >= 4 is 5.84 Å². The molecule has 18 heavy (non-hydrogen) atoms. The number of alkyl halides is 3. The van der Waals surface area contributed by atoms with Crippen molar-refractivity contribution in [3.05, 3.63) is 41.9 Å². The first kappa shape index (κ1) is 12.4. The smallest absolute Gasteiger partial charge is 0.384 e. The number of hydrogen-bond acceptors (Lipinski definition) is 5. The average Bonchev–Trinajstić information content (AvgIpc) is 2.28. The molecule has 1 aromatic rings. The molecule has 1 aromatic heterocycles. The fraction of sp³-hybridized carbons (Fsp3) is 0.200. The third kappa shape index (κ3) is 2.28. The van der Waals surface area contributed by atoms with Gasteiger partial charge in [-0.25, -0.2) is 4.99 Å². The summed E-state index contributed by atoms with van der Waals surface area (Å²) >= 11 is 0. The Morgan fingerprint density at radius 1 is 1.33 bits per heavy atom. The molecule has 1 aliphatic heterocycles. The second kappa shape index (κ2) is 3.98. The standard InChI is InChI=1S/C10H10F3N5/c11-9(12,13)7-5-6(1-3-16-7)10(15)17-4-2-8(14)18-10/h1-5,17H,15H2,(H2,14,18). The molecule has 0 aromatic carbocycles. The van der Waals surface area contributed by atoms with Gasteiger partial charge in [0.2, 0.25) is 5.79 Å². The highest BCUT2D eigenvalue weighted by molar-refractivity contribution is 5.92. The molecule has 0 bridgehead atoms. The zero-order valence-corrected chi connectivity index (χ0v) is 9.07. The molecule has 0 amide bonds. The summed E-state index contributed by atoms with van der Waals surface area (Å²) in [6, 6.07) is 2.18. The van der Waals surface area contributed by atoms with Gasteiger partial charge < -0.3 is 11.1 Å². The number of nitrogens with two attached hydrogens (primary N) is 2. The van der Waals surface area contributed by atoms with Crippen LogP contribution in [-0.2, 0) is 12.0 Å². The Labute approximate surface area is 100 Å². The molecule has 96 valence electrons. The Morgan fingerprint density at radius 2 is 2.06 bits per heavy atom. The van der Waals surface area contributed by atoms with Crippen LogP contribution in [0, 0.1) is 0 Å². The number of aliphatic imine (C=N–C) groups is 1. The van der Waals surface area contributed by atoms with E-state index in [1.54, 1.807) is 0 Å². The summed E-state index contributed by atoms with van der Waals surface area (Å²) in [4.78, 5) is 7.14. The summed E-state index contributed by atoms with van der Waals surface area (Å²) < 4.78 is 37.6. The van der Waals surface area contributed by atoms with Crippen molar-refractivity contribution in [1.29, 1.82) is 0 Å². The molecule has 0 fully saturated rings. The van der Waals surface area contributed by atoms with Crippen LogP contribution in [0.1, 0.15) is 11.3 Å². The SMILES string of the molecule is NC1=NC(N)(c2ccnc(C(F)(F)F)c2)NC=C1. The lowest BCUT2D eigenvalue weighted by Gasteiger charge is -2.28. The van der Waals surface area contributed by atoms with E-state index in [0.717, 1.165) is 12.3 Å². The van der Waals surface area contributed by atoms with Crippen molar-refractivity contribution in [3.8, 4) is 0 Å². The lowest BCUT2D eigenvalue weighted by atomic mass is 10.1. The van der Waals surface area contributed by atoms with Gasteiger partial charge in [0.05, 0.1) is 0 Å². The van der Waals surface area contributed by atoms with E-state index in [4.69, 9.17) is 11.5 Å². The molecule has 1 aliphatic rings. The molecular weight excluding hydrogens is 247 g/mol. The van der Waals surface area contributed by atoms with Crippen LogP contribution in [-0.4, -0.2) is 10.8 Å². The fourth-order valence-electron chi connectivity index (χ4n) is 1.50. The van der Waals surface area contributed by atoms with Crippen LogP contribution in [0.15, 0.2) is 35.6 Å². The first-order valence-electron chi connectivity index (χ1n) is 4.93. The van der Waals surface area contributed by atoms with Crippen LogP contribution in [0.4, 0.5) is 13.2 Å². The molecule has 5 N–H and O–H groups in total. The number of rotatable bonds is 1. The van der Waals surface area contributed by atoms with Crippen LogP contribution in [0.25, 0.3) is 0 Å². The maximum absolute atomic E-state index is 12.5. The monoisotopic (exact) mass is 257 g/mol. The first-order chi connectivity index (χ1) is 8.31. The van der Waals surface area contributed by atoms with E-state index in [0.29, 0.717) is 0 Å². The van der Waals surface area contributed by atoms with E-state index in [1.807, 2.05) is 0 Å². The van der Waals surface area contributed by atoms with Crippen molar-refractivity contribution in [2.45, 2.75) is 12.0 Å². The average molecular weight is 257 g/mol. The number of pyridine rings is 1. The second-order valence-electron chi connectivity index (χ2n) is 3.71. The van der Waals surface area contributed by atoms with Crippen LogP contribution >= 0.6 is 0 Å². The van der Waals surface area contributed by atoms with Crippen LogP contribution in [0.5, 0.6) is 0 Å². The molecule has 1 atom stereocenters. The molecule has 0 saturated heterocycles. The lowest BCUT2D eigenvalue weighted by Crippen LogP contribution is -2.49. The highest BCUT2D eigenvalue weighted by Crippen LogP contribution is 2.29. The Kier molecular flexibility index (Phi) is 2.74. The van der Waals surface area contributed by atoms with Gasteiger partial charge in [0.15, 0.2) is 0 Å². The minimum Gasteiger partial charge on any atom is -0.384 e. The summed E-state index contributed by atoms with van der Waals surface area (Å²) in [6.07, 6.45) is -0.627.